The van der Waals surface area contributed by atoms with Crippen LogP contribution in [-0.4, -0.2) is 22.4 Å². The minimum atomic E-state index is -0.393. The number of thioether (sulfide) groups is 1. The first kappa shape index (κ1) is 13.0. The van der Waals surface area contributed by atoms with Crippen molar-refractivity contribution < 1.29 is 10.0 Å². The number of benzene rings is 1. The number of nitro groups is 1. The Morgan fingerprint density at radius 1 is 1.19 bits per heavy atom. The van der Waals surface area contributed by atoms with Crippen molar-refractivity contribution in [2.45, 2.75) is 24.2 Å². The first-order valence-electron chi connectivity index (χ1n) is 5.22. The zero-order valence-corrected chi connectivity index (χ0v) is 9.78. The van der Waals surface area contributed by atoms with Crippen LogP contribution in [0.25, 0.3) is 0 Å². The molecule has 1 aromatic rings. The van der Waals surface area contributed by atoms with Crippen molar-refractivity contribution in [2.75, 3.05) is 12.4 Å². The summed E-state index contributed by atoms with van der Waals surface area (Å²) in [5.41, 5.74) is 0.129. The van der Waals surface area contributed by atoms with Crippen LogP contribution in [0.15, 0.2) is 29.2 Å². The van der Waals surface area contributed by atoms with Gasteiger partial charge >= 0.3 is 0 Å². The molecule has 0 fully saturated rings. The maximum Gasteiger partial charge on any atom is 0.269 e. The van der Waals surface area contributed by atoms with E-state index in [2.05, 4.69) is 0 Å². The van der Waals surface area contributed by atoms with Crippen molar-refractivity contribution >= 4 is 17.4 Å². The second-order valence-electron chi connectivity index (χ2n) is 3.38. The molecule has 0 spiro atoms. The van der Waals surface area contributed by atoms with Crippen LogP contribution in [0.1, 0.15) is 19.3 Å². The lowest BCUT2D eigenvalue weighted by molar-refractivity contribution is -0.384. The Bertz CT molecular complexity index is 327. The number of nitrogens with zero attached hydrogens (tertiary/aromatic N) is 1. The summed E-state index contributed by atoms with van der Waals surface area (Å²) in [4.78, 5) is 11.1. The molecule has 0 amide bonds. The molecule has 5 heteroatoms. The fourth-order valence-electron chi connectivity index (χ4n) is 1.24. The van der Waals surface area contributed by atoms with Gasteiger partial charge in [-0.25, -0.2) is 0 Å². The van der Waals surface area contributed by atoms with Gasteiger partial charge in [0.15, 0.2) is 0 Å². The number of unbranched alkanes of at least 4 members (excludes halogenated alkanes) is 2. The molecule has 1 N–H and O–H groups in total. The third kappa shape index (κ3) is 4.63. The number of hydrogen-bond donors (Lipinski definition) is 1. The van der Waals surface area contributed by atoms with Gasteiger partial charge in [-0.1, -0.05) is 6.42 Å². The fraction of sp³-hybridized carbons (Fsp3) is 0.455. The predicted molar refractivity (Wildman–Crippen MR) is 64.8 cm³/mol. The normalized spacial score (nSPS) is 10.3. The first-order chi connectivity index (χ1) is 7.74. The van der Waals surface area contributed by atoms with Crippen LogP contribution in [0.3, 0.4) is 0 Å². The van der Waals surface area contributed by atoms with Crippen LogP contribution in [0.4, 0.5) is 5.69 Å². The summed E-state index contributed by atoms with van der Waals surface area (Å²) in [7, 11) is 0. The number of aliphatic hydroxyl groups excluding tert-OH is 1. The van der Waals surface area contributed by atoms with E-state index in [1.54, 1.807) is 23.9 Å². The van der Waals surface area contributed by atoms with Crippen LogP contribution < -0.4 is 0 Å². The molecule has 0 bridgehead atoms. The molecule has 0 atom stereocenters. The quantitative estimate of drug-likeness (QED) is 0.345. The number of hydrogen-bond acceptors (Lipinski definition) is 4. The molecular weight excluding hydrogens is 226 g/mol. The van der Waals surface area contributed by atoms with Gasteiger partial charge in [0.2, 0.25) is 0 Å². The Labute approximate surface area is 98.8 Å². The third-order valence-corrected chi connectivity index (χ3v) is 3.22. The molecular formula is C11H15NO3S. The van der Waals surface area contributed by atoms with E-state index in [9.17, 15) is 10.1 Å². The van der Waals surface area contributed by atoms with Crippen molar-refractivity contribution in [2.24, 2.45) is 0 Å². The van der Waals surface area contributed by atoms with Gasteiger partial charge in [0.1, 0.15) is 0 Å². The number of nitro benzene ring substituents is 1. The van der Waals surface area contributed by atoms with Crippen LogP contribution in [0, 0.1) is 10.1 Å². The molecule has 0 aromatic heterocycles. The van der Waals surface area contributed by atoms with Crippen molar-refractivity contribution in [3.63, 3.8) is 0 Å². The van der Waals surface area contributed by atoms with E-state index in [-0.39, 0.29) is 12.3 Å². The summed E-state index contributed by atoms with van der Waals surface area (Å²) in [5, 5.41) is 19.0. The molecule has 0 aliphatic carbocycles. The summed E-state index contributed by atoms with van der Waals surface area (Å²) < 4.78 is 0. The predicted octanol–water partition coefficient (Wildman–Crippen LogP) is 2.85. The molecule has 0 aliphatic heterocycles. The number of aliphatic hydroxyl groups is 1. The van der Waals surface area contributed by atoms with E-state index >= 15 is 0 Å². The maximum absolute atomic E-state index is 10.4. The summed E-state index contributed by atoms with van der Waals surface area (Å²) in [5.74, 6) is 0.984. The molecule has 16 heavy (non-hydrogen) atoms. The Morgan fingerprint density at radius 2 is 1.88 bits per heavy atom. The summed E-state index contributed by atoms with van der Waals surface area (Å²) in [6.45, 7) is 0.252. The SMILES string of the molecule is O=[N+]([O-])c1ccc(SCCCCCO)cc1. The third-order valence-electron chi connectivity index (χ3n) is 2.12. The monoisotopic (exact) mass is 241 g/mol. The Balaban J connectivity index is 2.29. The molecule has 88 valence electrons. The molecule has 0 aliphatic rings. The standard InChI is InChI=1S/C11H15NO3S/c13-8-2-1-3-9-16-11-6-4-10(5-7-11)12(14)15/h4-7,13H,1-3,8-9H2. The van der Waals surface area contributed by atoms with Crippen molar-refractivity contribution in [3.8, 4) is 0 Å². The zero-order chi connectivity index (χ0) is 11.8. The highest BCUT2D eigenvalue weighted by atomic mass is 32.2. The zero-order valence-electron chi connectivity index (χ0n) is 8.96. The van der Waals surface area contributed by atoms with E-state index in [0.717, 1.165) is 29.9 Å². The van der Waals surface area contributed by atoms with E-state index in [1.807, 2.05) is 0 Å². The van der Waals surface area contributed by atoms with Gasteiger partial charge < -0.3 is 5.11 Å². The summed E-state index contributed by atoms with van der Waals surface area (Å²) >= 11 is 1.69. The Kier molecular flexibility index (Phi) is 5.88. The minimum absolute atomic E-state index is 0.129. The highest BCUT2D eigenvalue weighted by Gasteiger charge is 2.03. The molecule has 0 unspecified atom stereocenters. The topological polar surface area (TPSA) is 63.4 Å². The van der Waals surface area contributed by atoms with E-state index in [0.29, 0.717) is 0 Å². The lowest BCUT2D eigenvalue weighted by Crippen LogP contribution is -1.87. The maximum atomic E-state index is 10.4. The minimum Gasteiger partial charge on any atom is -0.396 e. The second-order valence-corrected chi connectivity index (χ2v) is 4.55. The first-order valence-corrected chi connectivity index (χ1v) is 6.20. The second kappa shape index (κ2) is 7.24. The highest BCUT2D eigenvalue weighted by molar-refractivity contribution is 7.99. The molecule has 1 aromatic carbocycles. The molecule has 4 nitrogen and oxygen atoms in total. The van der Waals surface area contributed by atoms with Crippen LogP contribution in [0.5, 0.6) is 0 Å². The highest BCUT2D eigenvalue weighted by Crippen LogP contribution is 2.22. The van der Waals surface area contributed by atoms with Crippen LogP contribution in [0.2, 0.25) is 0 Å². The number of rotatable bonds is 7. The van der Waals surface area contributed by atoms with Gasteiger partial charge in [0.05, 0.1) is 4.92 Å². The molecule has 0 saturated carbocycles. The van der Waals surface area contributed by atoms with Gasteiger partial charge in [-0.15, -0.1) is 11.8 Å². The number of non-ortho nitro benzene ring substituents is 1. The fourth-order valence-corrected chi connectivity index (χ4v) is 2.16. The van der Waals surface area contributed by atoms with Gasteiger partial charge in [-0.2, -0.15) is 0 Å². The van der Waals surface area contributed by atoms with Gasteiger partial charge in [-0.3, -0.25) is 10.1 Å². The van der Waals surface area contributed by atoms with E-state index < -0.39 is 4.92 Å². The van der Waals surface area contributed by atoms with Crippen molar-refractivity contribution in [1.29, 1.82) is 0 Å². The molecule has 0 radical (unpaired) electrons. The van der Waals surface area contributed by atoms with Crippen molar-refractivity contribution in [3.05, 3.63) is 34.4 Å². The van der Waals surface area contributed by atoms with Gasteiger partial charge in [0.25, 0.3) is 5.69 Å². The Morgan fingerprint density at radius 3 is 2.44 bits per heavy atom. The van der Waals surface area contributed by atoms with E-state index in [4.69, 9.17) is 5.11 Å². The Hall–Kier alpha value is -1.07. The van der Waals surface area contributed by atoms with Gasteiger partial charge in [-0.05, 0) is 30.7 Å². The van der Waals surface area contributed by atoms with Crippen LogP contribution in [-0.2, 0) is 0 Å². The molecule has 1 rings (SSSR count). The molecule has 0 heterocycles. The van der Waals surface area contributed by atoms with Crippen LogP contribution >= 0.6 is 11.8 Å². The van der Waals surface area contributed by atoms with Gasteiger partial charge in [0, 0.05) is 23.6 Å². The smallest absolute Gasteiger partial charge is 0.269 e. The summed E-state index contributed by atoms with van der Waals surface area (Å²) in [6.07, 6.45) is 2.93. The largest absolute Gasteiger partial charge is 0.396 e. The van der Waals surface area contributed by atoms with Crippen molar-refractivity contribution in [1.82, 2.24) is 0 Å². The van der Waals surface area contributed by atoms with E-state index in [1.165, 1.54) is 12.1 Å². The summed E-state index contributed by atoms with van der Waals surface area (Å²) in [6, 6.07) is 6.59. The lowest BCUT2D eigenvalue weighted by Gasteiger charge is -2.00. The average molecular weight is 241 g/mol. The molecule has 0 saturated heterocycles. The average Bonchev–Trinajstić information content (AvgIpc) is 2.29. The lowest BCUT2D eigenvalue weighted by atomic mass is 10.3.